The molecule has 2 rings (SSSR count). The van der Waals surface area contributed by atoms with Crippen molar-refractivity contribution >= 4 is 5.97 Å². The van der Waals surface area contributed by atoms with Crippen molar-refractivity contribution in [1.29, 1.82) is 0 Å². The minimum Gasteiger partial charge on any atom is -0.480 e. The molecule has 16 heavy (non-hydrogen) atoms. The number of H-pyrrole nitrogens is 2. The van der Waals surface area contributed by atoms with Crippen molar-refractivity contribution < 1.29 is 9.90 Å². The molecule has 5 N–H and O–H groups in total. The average Bonchev–Trinajstić information content (AvgIpc) is 2.85. The van der Waals surface area contributed by atoms with E-state index in [4.69, 9.17) is 10.8 Å². The highest BCUT2D eigenvalue weighted by atomic mass is 16.4. The average molecular weight is 221 g/mol. The van der Waals surface area contributed by atoms with Crippen molar-refractivity contribution in [1.82, 2.24) is 19.9 Å². The SMILES string of the molecule is N[C@@H](Cc1cnc(-c2cnc[nH]2)[nH]1)C(=O)O. The number of nitrogens with one attached hydrogen (secondary N) is 2. The van der Waals surface area contributed by atoms with E-state index in [-0.39, 0.29) is 6.42 Å². The Morgan fingerprint density at radius 2 is 2.38 bits per heavy atom. The Bertz CT molecular complexity index is 476. The Balaban J connectivity index is 2.11. The maximum atomic E-state index is 10.6. The molecule has 7 heteroatoms. The van der Waals surface area contributed by atoms with E-state index in [1.54, 1.807) is 18.7 Å². The van der Waals surface area contributed by atoms with Gasteiger partial charge in [0.1, 0.15) is 11.7 Å². The number of carbonyl (C=O) groups is 1. The number of aromatic amines is 2. The lowest BCUT2D eigenvalue weighted by molar-refractivity contribution is -0.138. The third-order valence-electron chi connectivity index (χ3n) is 2.14. The van der Waals surface area contributed by atoms with Gasteiger partial charge in [-0.05, 0) is 0 Å². The highest BCUT2D eigenvalue weighted by Gasteiger charge is 2.14. The summed E-state index contributed by atoms with van der Waals surface area (Å²) in [7, 11) is 0. The lowest BCUT2D eigenvalue weighted by Crippen LogP contribution is -2.32. The minimum atomic E-state index is -1.03. The molecule has 0 fully saturated rings. The first-order chi connectivity index (χ1) is 7.66. The van der Waals surface area contributed by atoms with E-state index >= 15 is 0 Å². The Morgan fingerprint density at radius 1 is 1.56 bits per heavy atom. The quantitative estimate of drug-likeness (QED) is 0.567. The molecule has 0 aromatic carbocycles. The molecule has 0 unspecified atom stereocenters. The number of aliphatic carboxylic acids is 1. The van der Waals surface area contributed by atoms with E-state index in [1.807, 2.05) is 0 Å². The zero-order valence-corrected chi connectivity index (χ0v) is 8.34. The van der Waals surface area contributed by atoms with Gasteiger partial charge >= 0.3 is 5.97 Å². The summed E-state index contributed by atoms with van der Waals surface area (Å²) in [5, 5.41) is 8.66. The first-order valence-corrected chi connectivity index (χ1v) is 4.68. The van der Waals surface area contributed by atoms with E-state index in [1.165, 1.54) is 0 Å². The van der Waals surface area contributed by atoms with Gasteiger partial charge < -0.3 is 20.8 Å². The zero-order valence-electron chi connectivity index (χ0n) is 8.34. The van der Waals surface area contributed by atoms with Gasteiger partial charge in [0.15, 0.2) is 5.82 Å². The van der Waals surface area contributed by atoms with Crippen LogP contribution >= 0.6 is 0 Å². The Hall–Kier alpha value is -2.15. The summed E-state index contributed by atoms with van der Waals surface area (Å²) in [5.74, 6) is -0.414. The smallest absolute Gasteiger partial charge is 0.320 e. The fourth-order valence-corrected chi connectivity index (χ4v) is 1.31. The minimum absolute atomic E-state index is 0.219. The first-order valence-electron chi connectivity index (χ1n) is 4.68. The molecule has 7 nitrogen and oxygen atoms in total. The van der Waals surface area contributed by atoms with Crippen LogP contribution in [0.25, 0.3) is 11.5 Å². The van der Waals surface area contributed by atoms with Gasteiger partial charge in [-0.3, -0.25) is 4.79 Å². The van der Waals surface area contributed by atoms with E-state index < -0.39 is 12.0 Å². The van der Waals surface area contributed by atoms with Crippen LogP contribution in [0.2, 0.25) is 0 Å². The molecule has 2 aromatic rings. The molecule has 0 aliphatic carbocycles. The summed E-state index contributed by atoms with van der Waals surface area (Å²) in [6.45, 7) is 0. The van der Waals surface area contributed by atoms with Gasteiger partial charge in [0.25, 0.3) is 0 Å². The van der Waals surface area contributed by atoms with Gasteiger partial charge in [0, 0.05) is 18.3 Å². The molecule has 0 radical (unpaired) electrons. The van der Waals surface area contributed by atoms with Crippen molar-refractivity contribution in [3.05, 3.63) is 24.4 Å². The Kier molecular flexibility index (Phi) is 2.69. The number of aromatic nitrogens is 4. The predicted molar refractivity (Wildman–Crippen MR) is 55.5 cm³/mol. The normalized spacial score (nSPS) is 12.6. The van der Waals surface area contributed by atoms with E-state index in [0.29, 0.717) is 11.5 Å². The number of carboxylic acids is 1. The van der Waals surface area contributed by atoms with Crippen LogP contribution in [0.15, 0.2) is 18.7 Å². The van der Waals surface area contributed by atoms with Crippen LogP contribution in [-0.4, -0.2) is 37.1 Å². The number of nitrogens with zero attached hydrogens (tertiary/aromatic N) is 2. The number of nitrogens with two attached hydrogens (primary N) is 1. The molecule has 2 heterocycles. The second kappa shape index (κ2) is 4.15. The molecule has 1 atom stereocenters. The molecule has 84 valence electrons. The second-order valence-electron chi connectivity index (χ2n) is 3.37. The molecule has 0 bridgehead atoms. The van der Waals surface area contributed by atoms with Gasteiger partial charge in [-0.2, -0.15) is 0 Å². The summed E-state index contributed by atoms with van der Waals surface area (Å²) in [5.41, 5.74) is 6.83. The lowest BCUT2D eigenvalue weighted by Gasteiger charge is -2.02. The molecule has 0 aliphatic heterocycles. The lowest BCUT2D eigenvalue weighted by atomic mass is 10.2. The van der Waals surface area contributed by atoms with Crippen molar-refractivity contribution in [2.75, 3.05) is 0 Å². The molecule has 0 amide bonds. The molecule has 0 saturated heterocycles. The number of rotatable bonds is 4. The summed E-state index contributed by atoms with van der Waals surface area (Å²) >= 11 is 0. The maximum Gasteiger partial charge on any atom is 0.320 e. The van der Waals surface area contributed by atoms with Crippen LogP contribution in [0.4, 0.5) is 0 Å². The van der Waals surface area contributed by atoms with Crippen molar-refractivity contribution in [2.45, 2.75) is 12.5 Å². The number of hydrogen-bond donors (Lipinski definition) is 4. The third kappa shape index (κ3) is 2.09. The fraction of sp³-hybridized carbons (Fsp3) is 0.222. The van der Waals surface area contributed by atoms with Crippen LogP contribution in [0.3, 0.4) is 0 Å². The second-order valence-corrected chi connectivity index (χ2v) is 3.37. The fourth-order valence-electron chi connectivity index (χ4n) is 1.31. The summed E-state index contributed by atoms with van der Waals surface area (Å²) in [6.07, 6.45) is 4.95. The molecule has 0 spiro atoms. The molecule has 2 aromatic heterocycles. The van der Waals surface area contributed by atoms with Crippen LogP contribution in [0.5, 0.6) is 0 Å². The van der Waals surface area contributed by atoms with E-state index in [9.17, 15) is 4.79 Å². The molecule has 0 aliphatic rings. The number of hydrogen-bond acceptors (Lipinski definition) is 4. The topological polar surface area (TPSA) is 121 Å². The monoisotopic (exact) mass is 221 g/mol. The summed E-state index contributed by atoms with van der Waals surface area (Å²) in [4.78, 5) is 24.4. The number of carboxylic acid groups (broad SMARTS) is 1. The molecular weight excluding hydrogens is 210 g/mol. The highest BCUT2D eigenvalue weighted by Crippen LogP contribution is 2.11. The summed E-state index contributed by atoms with van der Waals surface area (Å²) < 4.78 is 0. The van der Waals surface area contributed by atoms with Crippen LogP contribution in [0, 0.1) is 0 Å². The van der Waals surface area contributed by atoms with E-state index in [2.05, 4.69) is 19.9 Å². The molecular formula is C9H11N5O2. The third-order valence-corrected chi connectivity index (χ3v) is 2.14. The Labute approximate surface area is 90.7 Å². The van der Waals surface area contributed by atoms with E-state index in [0.717, 1.165) is 5.69 Å². The predicted octanol–water partition coefficient (Wildman–Crippen LogP) is -0.246. The van der Waals surface area contributed by atoms with Crippen molar-refractivity contribution in [3.63, 3.8) is 0 Å². The number of imidazole rings is 2. The highest BCUT2D eigenvalue weighted by molar-refractivity contribution is 5.73. The molecule has 0 saturated carbocycles. The largest absolute Gasteiger partial charge is 0.480 e. The van der Waals surface area contributed by atoms with Crippen molar-refractivity contribution in [3.8, 4) is 11.5 Å². The standard InChI is InChI=1S/C9H11N5O2/c10-6(9(15)16)1-5-2-12-8(14-5)7-3-11-4-13-7/h2-4,6H,1,10H2,(H,11,13)(H,12,14)(H,15,16)/t6-/m0/s1. The van der Waals surface area contributed by atoms with Gasteiger partial charge in [0.05, 0.1) is 12.5 Å². The van der Waals surface area contributed by atoms with Crippen molar-refractivity contribution in [2.24, 2.45) is 5.73 Å². The Morgan fingerprint density at radius 3 is 3.00 bits per heavy atom. The van der Waals surface area contributed by atoms with Gasteiger partial charge in [-0.15, -0.1) is 0 Å². The van der Waals surface area contributed by atoms with Crippen LogP contribution < -0.4 is 5.73 Å². The zero-order chi connectivity index (χ0) is 11.5. The van der Waals surface area contributed by atoms with Crippen LogP contribution in [0.1, 0.15) is 5.69 Å². The van der Waals surface area contributed by atoms with Gasteiger partial charge in [-0.25, -0.2) is 9.97 Å². The van der Waals surface area contributed by atoms with Gasteiger partial charge in [0.2, 0.25) is 0 Å². The maximum absolute atomic E-state index is 10.6. The van der Waals surface area contributed by atoms with Gasteiger partial charge in [-0.1, -0.05) is 0 Å². The van der Waals surface area contributed by atoms with Crippen LogP contribution in [-0.2, 0) is 11.2 Å². The summed E-state index contributed by atoms with van der Waals surface area (Å²) in [6, 6.07) is -0.921. The first kappa shape index (κ1) is 10.4.